The third-order valence-electron chi connectivity index (χ3n) is 6.78. The summed E-state index contributed by atoms with van der Waals surface area (Å²) in [5.74, 6) is -0.0820. The average Bonchev–Trinajstić information content (AvgIpc) is 3.12. The van der Waals surface area contributed by atoms with E-state index in [-0.39, 0.29) is 18.4 Å². The van der Waals surface area contributed by atoms with Crippen molar-refractivity contribution in [2.24, 2.45) is 0 Å². The molecule has 9 heteroatoms. The van der Waals surface area contributed by atoms with Crippen LogP contribution in [0, 0.1) is 0 Å². The minimum atomic E-state index is -0.207. The molecule has 0 spiro atoms. The van der Waals surface area contributed by atoms with Crippen molar-refractivity contribution in [2.75, 3.05) is 25.0 Å². The van der Waals surface area contributed by atoms with Gasteiger partial charge in [-0.1, -0.05) is 40.4 Å². The molecule has 2 amide bonds. The number of benzene rings is 2. The summed E-state index contributed by atoms with van der Waals surface area (Å²) in [4.78, 5) is 31.8. The number of amides is 2. The number of anilines is 1. The molecule has 2 fully saturated rings. The second-order valence-electron chi connectivity index (χ2n) is 9.16. The first-order valence-electron chi connectivity index (χ1n) is 12.0. The Balaban J connectivity index is 1.50. The van der Waals surface area contributed by atoms with Gasteiger partial charge in [-0.2, -0.15) is 0 Å². The summed E-state index contributed by atoms with van der Waals surface area (Å²) in [5, 5.41) is 1.95. The van der Waals surface area contributed by atoms with E-state index in [1.807, 2.05) is 39.9 Å². The van der Waals surface area contributed by atoms with E-state index >= 15 is 0 Å². The molecule has 2 aliphatic rings. The molecule has 3 aromatic rings. The van der Waals surface area contributed by atoms with E-state index in [1.54, 1.807) is 36.2 Å². The number of carbonyl (C=O) groups is 2. The van der Waals surface area contributed by atoms with Crippen molar-refractivity contribution in [3.8, 4) is 0 Å². The van der Waals surface area contributed by atoms with Crippen LogP contribution in [0.4, 0.5) is 5.69 Å². The number of likely N-dealkylation sites (N-methyl/N-ethyl adjacent to an activating group) is 1. The Kier molecular flexibility index (Phi) is 7.19. The molecular weight excluding hydrogens is 560 g/mol. The summed E-state index contributed by atoms with van der Waals surface area (Å²) in [6, 6.07) is 13.0. The van der Waals surface area contributed by atoms with Crippen LogP contribution in [-0.2, 0) is 16.1 Å². The monoisotopic (exact) mass is 584 g/mol. The summed E-state index contributed by atoms with van der Waals surface area (Å²) in [6.45, 7) is 1.90. The number of aromatic nitrogens is 1. The van der Waals surface area contributed by atoms with Gasteiger partial charge in [0.25, 0.3) is 5.91 Å². The van der Waals surface area contributed by atoms with Gasteiger partial charge in [0.1, 0.15) is 12.2 Å². The van der Waals surface area contributed by atoms with Crippen LogP contribution in [0.25, 0.3) is 17.0 Å². The van der Waals surface area contributed by atoms with E-state index in [2.05, 4.69) is 15.9 Å². The Hall–Kier alpha value is -2.68. The van der Waals surface area contributed by atoms with Gasteiger partial charge in [-0.05, 0) is 73.6 Å². The second-order valence-corrected chi connectivity index (χ2v) is 10.9. The Morgan fingerprint density at radius 3 is 2.47 bits per heavy atom. The van der Waals surface area contributed by atoms with Crippen LogP contribution in [0.2, 0.25) is 5.02 Å². The number of hydrogen-bond donors (Lipinski definition) is 0. The lowest BCUT2D eigenvalue weighted by molar-refractivity contribution is -0.131. The maximum Gasteiger partial charge on any atom is 0.281 e. The van der Waals surface area contributed by atoms with Gasteiger partial charge in [-0.15, -0.1) is 0 Å². The zero-order valence-electron chi connectivity index (χ0n) is 19.9. The van der Waals surface area contributed by atoms with E-state index in [4.69, 9.17) is 23.8 Å². The fourth-order valence-electron chi connectivity index (χ4n) is 4.83. The molecule has 0 saturated carbocycles. The van der Waals surface area contributed by atoms with Crippen molar-refractivity contribution >= 4 is 79.3 Å². The van der Waals surface area contributed by atoms with Crippen LogP contribution < -0.4 is 4.90 Å². The second kappa shape index (κ2) is 10.4. The van der Waals surface area contributed by atoms with Crippen LogP contribution in [0.5, 0.6) is 0 Å². The summed E-state index contributed by atoms with van der Waals surface area (Å²) in [5.41, 5.74) is 2.93. The predicted molar refractivity (Wildman–Crippen MR) is 152 cm³/mol. The van der Waals surface area contributed by atoms with Crippen molar-refractivity contribution in [1.29, 1.82) is 0 Å². The number of hydrogen-bond acceptors (Lipinski definition) is 3. The van der Waals surface area contributed by atoms with Crippen LogP contribution in [0.3, 0.4) is 0 Å². The normalized spacial score (nSPS) is 18.0. The maximum atomic E-state index is 13.5. The third kappa shape index (κ3) is 4.82. The van der Waals surface area contributed by atoms with Gasteiger partial charge in [-0.3, -0.25) is 14.5 Å². The highest BCUT2D eigenvalue weighted by atomic mass is 79.9. The molecule has 0 bridgehead atoms. The molecule has 0 aliphatic carbocycles. The molecule has 2 saturated heterocycles. The third-order valence-corrected chi connectivity index (χ3v) is 7.98. The number of nitrogens with zero attached hydrogens (tertiary/aromatic N) is 4. The molecule has 2 aromatic carbocycles. The molecule has 2 aliphatic heterocycles. The molecule has 186 valence electrons. The molecular formula is C27H26BrClN4O2S. The highest BCUT2D eigenvalue weighted by Crippen LogP contribution is 2.32. The summed E-state index contributed by atoms with van der Waals surface area (Å²) in [6.07, 6.45) is 8.28. The highest BCUT2D eigenvalue weighted by Gasteiger charge is 2.37. The molecule has 0 radical (unpaired) electrons. The fraction of sp³-hybridized carbons (Fsp3) is 0.296. The van der Waals surface area contributed by atoms with Crippen molar-refractivity contribution in [3.63, 3.8) is 0 Å². The first-order chi connectivity index (χ1) is 17.3. The van der Waals surface area contributed by atoms with Gasteiger partial charge >= 0.3 is 0 Å². The van der Waals surface area contributed by atoms with Gasteiger partial charge < -0.3 is 14.4 Å². The number of rotatable bonds is 4. The first-order valence-corrected chi connectivity index (χ1v) is 13.6. The molecule has 0 unspecified atom stereocenters. The van der Waals surface area contributed by atoms with Crippen LogP contribution in [0.1, 0.15) is 31.2 Å². The molecule has 0 N–H and O–H groups in total. The number of fused-ring (bicyclic) bond motifs is 1. The van der Waals surface area contributed by atoms with E-state index in [1.165, 1.54) is 17.7 Å². The zero-order chi connectivity index (χ0) is 25.4. The Labute approximate surface area is 229 Å². The summed E-state index contributed by atoms with van der Waals surface area (Å²) in [7, 11) is 1.79. The minimum absolute atomic E-state index is 0.125. The summed E-state index contributed by atoms with van der Waals surface area (Å²) >= 11 is 15.2. The zero-order valence-corrected chi connectivity index (χ0v) is 23.1. The number of thiocarbonyl (C=S) groups is 1. The van der Waals surface area contributed by atoms with Crippen LogP contribution >= 0.6 is 39.7 Å². The molecule has 3 heterocycles. The molecule has 6 nitrogen and oxygen atoms in total. The molecule has 36 heavy (non-hydrogen) atoms. The topological polar surface area (TPSA) is 48.8 Å². The van der Waals surface area contributed by atoms with Gasteiger partial charge in [-0.25, -0.2) is 0 Å². The quantitative estimate of drug-likeness (QED) is 0.276. The minimum Gasteiger partial charge on any atom is -0.341 e. The maximum absolute atomic E-state index is 13.5. The molecule has 1 aromatic heterocycles. The largest absolute Gasteiger partial charge is 0.341 e. The highest BCUT2D eigenvalue weighted by molar-refractivity contribution is 9.10. The van der Waals surface area contributed by atoms with E-state index in [0.717, 1.165) is 46.9 Å². The Morgan fingerprint density at radius 1 is 1.08 bits per heavy atom. The van der Waals surface area contributed by atoms with Gasteiger partial charge in [0, 0.05) is 52.3 Å². The molecule has 5 rings (SSSR count). The van der Waals surface area contributed by atoms with Gasteiger partial charge in [0.2, 0.25) is 5.91 Å². The van der Waals surface area contributed by atoms with Crippen molar-refractivity contribution in [3.05, 3.63) is 69.4 Å². The van der Waals surface area contributed by atoms with Gasteiger partial charge in [0.05, 0.1) is 5.69 Å². The lowest BCUT2D eigenvalue weighted by Crippen LogP contribution is -2.34. The summed E-state index contributed by atoms with van der Waals surface area (Å²) < 4.78 is 2.91. The van der Waals surface area contributed by atoms with Crippen molar-refractivity contribution in [2.45, 2.75) is 32.2 Å². The first kappa shape index (κ1) is 25.0. The number of halogens is 2. The van der Waals surface area contributed by atoms with Crippen LogP contribution in [0.15, 0.2) is 58.8 Å². The fourth-order valence-corrected chi connectivity index (χ4v) is 5.60. The van der Waals surface area contributed by atoms with E-state index < -0.39 is 0 Å². The lowest BCUT2D eigenvalue weighted by atomic mass is 10.1. The standard InChI is InChI=1S/C27H26BrClN4O2S/c1-30-24(26(35)33(27(30)36)21-9-7-20(29)8-10-21)14-18-16-32(23-11-6-19(28)15-22(18)23)17-25(34)31-12-4-2-3-5-13-31/h6-11,14-16H,2-5,12-13,17H2,1H3/b24-14-. The van der Waals surface area contributed by atoms with Gasteiger partial charge in [0.15, 0.2) is 5.11 Å². The van der Waals surface area contributed by atoms with E-state index in [0.29, 0.717) is 21.5 Å². The number of likely N-dealkylation sites (tertiary alicyclic amines) is 1. The Bertz CT molecular complexity index is 1380. The smallest absolute Gasteiger partial charge is 0.281 e. The lowest BCUT2D eigenvalue weighted by Gasteiger charge is -2.20. The van der Waals surface area contributed by atoms with E-state index in [9.17, 15) is 9.59 Å². The SMILES string of the molecule is CN1C(=S)N(c2ccc(Cl)cc2)C(=O)/C1=C/c1cn(CC(=O)N2CCCCCC2)c2ccc(Br)cc12. The van der Waals surface area contributed by atoms with Crippen molar-refractivity contribution < 1.29 is 9.59 Å². The van der Waals surface area contributed by atoms with Crippen LogP contribution in [-0.4, -0.2) is 51.4 Å². The predicted octanol–water partition coefficient (Wildman–Crippen LogP) is 6.06. The Morgan fingerprint density at radius 2 is 1.78 bits per heavy atom. The average molecular weight is 586 g/mol. The molecule has 0 atom stereocenters. The van der Waals surface area contributed by atoms with Crippen molar-refractivity contribution in [1.82, 2.24) is 14.4 Å². The number of carbonyl (C=O) groups excluding carboxylic acids is 2.